The van der Waals surface area contributed by atoms with E-state index in [2.05, 4.69) is 50.4 Å². The minimum absolute atomic E-state index is 0.657. The van der Waals surface area contributed by atoms with Crippen LogP contribution >= 0.6 is 0 Å². The number of aryl methyl sites for hydroxylation is 1. The Hall–Kier alpha value is -0.980. The first-order valence-electron chi connectivity index (χ1n) is 6.50. The third kappa shape index (κ3) is 2.40. The number of rotatable bonds is 2. The van der Waals surface area contributed by atoms with Crippen molar-refractivity contribution in [2.45, 2.75) is 46.1 Å². The summed E-state index contributed by atoms with van der Waals surface area (Å²) in [5.41, 5.74) is 2.67. The van der Waals surface area contributed by atoms with Crippen LogP contribution in [0.1, 0.15) is 38.7 Å². The van der Waals surface area contributed by atoms with Crippen LogP contribution in [0.3, 0.4) is 0 Å². The first-order chi connectivity index (χ1) is 7.68. The van der Waals surface area contributed by atoms with Crippen LogP contribution in [0.25, 0.3) is 0 Å². The lowest BCUT2D eigenvalue weighted by atomic mass is 9.78. The van der Waals surface area contributed by atoms with Crippen LogP contribution in [0.2, 0.25) is 0 Å². The van der Waals surface area contributed by atoms with Crippen LogP contribution in [-0.4, -0.2) is 6.04 Å². The summed E-state index contributed by atoms with van der Waals surface area (Å²) in [7, 11) is 0. The molecule has 0 aliphatic heterocycles. The minimum atomic E-state index is 0.657. The molecule has 3 unspecified atom stereocenters. The average molecular weight is 217 g/mol. The number of benzene rings is 1. The SMILES string of the molecule is Cc1ccccc1NC1CCCC(C)C1C. The normalized spacial score (nSPS) is 30.1. The van der Waals surface area contributed by atoms with Crippen molar-refractivity contribution in [3.8, 4) is 0 Å². The van der Waals surface area contributed by atoms with Gasteiger partial charge >= 0.3 is 0 Å². The quantitative estimate of drug-likeness (QED) is 0.781. The fourth-order valence-electron chi connectivity index (χ4n) is 2.72. The van der Waals surface area contributed by atoms with Crippen LogP contribution in [0.5, 0.6) is 0 Å². The third-order valence-electron chi connectivity index (χ3n) is 4.19. The van der Waals surface area contributed by atoms with Crippen molar-refractivity contribution in [3.63, 3.8) is 0 Å². The molecule has 3 atom stereocenters. The smallest absolute Gasteiger partial charge is 0.0372 e. The van der Waals surface area contributed by atoms with Crippen molar-refractivity contribution >= 4 is 5.69 Å². The van der Waals surface area contributed by atoms with E-state index < -0.39 is 0 Å². The van der Waals surface area contributed by atoms with E-state index in [0.717, 1.165) is 11.8 Å². The fraction of sp³-hybridized carbons (Fsp3) is 0.600. The molecule has 0 aromatic heterocycles. The first-order valence-corrected chi connectivity index (χ1v) is 6.50. The van der Waals surface area contributed by atoms with E-state index in [1.807, 2.05) is 0 Å². The Morgan fingerprint density at radius 1 is 1.12 bits per heavy atom. The van der Waals surface area contributed by atoms with Gasteiger partial charge < -0.3 is 5.32 Å². The predicted octanol–water partition coefficient (Wildman–Crippen LogP) is 4.23. The molecule has 1 aromatic rings. The molecule has 16 heavy (non-hydrogen) atoms. The van der Waals surface area contributed by atoms with Gasteiger partial charge in [-0.15, -0.1) is 0 Å². The van der Waals surface area contributed by atoms with Gasteiger partial charge in [-0.2, -0.15) is 0 Å². The summed E-state index contributed by atoms with van der Waals surface area (Å²) < 4.78 is 0. The molecular weight excluding hydrogens is 194 g/mol. The van der Waals surface area contributed by atoms with E-state index in [4.69, 9.17) is 0 Å². The van der Waals surface area contributed by atoms with Gasteiger partial charge in [0.2, 0.25) is 0 Å². The highest BCUT2D eigenvalue weighted by Gasteiger charge is 2.26. The second-order valence-electron chi connectivity index (χ2n) is 5.33. The van der Waals surface area contributed by atoms with Crippen LogP contribution in [-0.2, 0) is 0 Å². The second kappa shape index (κ2) is 4.90. The summed E-state index contributed by atoms with van der Waals surface area (Å²) in [6.45, 7) is 6.95. The van der Waals surface area contributed by atoms with Crippen LogP contribution in [0, 0.1) is 18.8 Å². The van der Waals surface area contributed by atoms with Gasteiger partial charge in [0.05, 0.1) is 0 Å². The van der Waals surface area contributed by atoms with Gasteiger partial charge in [-0.25, -0.2) is 0 Å². The van der Waals surface area contributed by atoms with Gasteiger partial charge in [-0.1, -0.05) is 44.9 Å². The van der Waals surface area contributed by atoms with Crippen LogP contribution in [0.15, 0.2) is 24.3 Å². The predicted molar refractivity (Wildman–Crippen MR) is 70.8 cm³/mol. The molecule has 0 radical (unpaired) electrons. The molecule has 1 nitrogen and oxygen atoms in total. The number of anilines is 1. The lowest BCUT2D eigenvalue weighted by Crippen LogP contribution is -2.35. The van der Waals surface area contributed by atoms with E-state index in [1.54, 1.807) is 0 Å². The van der Waals surface area contributed by atoms with Crippen molar-refractivity contribution in [2.75, 3.05) is 5.32 Å². The summed E-state index contributed by atoms with van der Waals surface area (Å²) >= 11 is 0. The Balaban J connectivity index is 2.06. The highest BCUT2D eigenvalue weighted by atomic mass is 14.9. The van der Waals surface area contributed by atoms with Crippen molar-refractivity contribution in [1.82, 2.24) is 0 Å². The molecule has 2 rings (SSSR count). The molecule has 1 fully saturated rings. The molecule has 0 spiro atoms. The Morgan fingerprint density at radius 2 is 1.88 bits per heavy atom. The van der Waals surface area contributed by atoms with Crippen molar-refractivity contribution in [1.29, 1.82) is 0 Å². The Kier molecular flexibility index (Phi) is 3.52. The minimum Gasteiger partial charge on any atom is -0.382 e. The molecule has 1 N–H and O–H groups in total. The molecule has 1 aromatic carbocycles. The van der Waals surface area contributed by atoms with Crippen molar-refractivity contribution in [3.05, 3.63) is 29.8 Å². The van der Waals surface area contributed by atoms with Crippen LogP contribution < -0.4 is 5.32 Å². The molecule has 88 valence electrons. The topological polar surface area (TPSA) is 12.0 Å². The summed E-state index contributed by atoms with van der Waals surface area (Å²) in [6, 6.07) is 9.25. The van der Waals surface area contributed by atoms with E-state index in [0.29, 0.717) is 6.04 Å². The maximum absolute atomic E-state index is 3.73. The zero-order chi connectivity index (χ0) is 11.5. The Morgan fingerprint density at radius 3 is 2.62 bits per heavy atom. The molecule has 1 aliphatic carbocycles. The molecular formula is C15H23N. The monoisotopic (exact) mass is 217 g/mol. The standard InChI is InChI=1S/C15H23N/c1-11-8-6-10-15(13(11)3)16-14-9-5-4-7-12(14)2/h4-5,7,9,11,13,15-16H,6,8,10H2,1-3H3. The number of hydrogen-bond acceptors (Lipinski definition) is 1. The molecule has 1 aliphatic rings. The number of hydrogen-bond donors (Lipinski definition) is 1. The first kappa shape index (κ1) is 11.5. The lowest BCUT2D eigenvalue weighted by molar-refractivity contribution is 0.253. The van der Waals surface area contributed by atoms with Gasteiger partial charge in [-0.05, 0) is 36.8 Å². The third-order valence-corrected chi connectivity index (χ3v) is 4.19. The highest BCUT2D eigenvalue weighted by Crippen LogP contribution is 2.32. The highest BCUT2D eigenvalue weighted by molar-refractivity contribution is 5.51. The summed E-state index contributed by atoms with van der Waals surface area (Å²) in [5.74, 6) is 1.64. The van der Waals surface area contributed by atoms with Gasteiger partial charge in [-0.3, -0.25) is 0 Å². The number of para-hydroxylation sites is 1. The molecule has 1 heteroatoms. The molecule has 0 bridgehead atoms. The zero-order valence-corrected chi connectivity index (χ0v) is 10.7. The van der Waals surface area contributed by atoms with Gasteiger partial charge in [0.25, 0.3) is 0 Å². The number of nitrogens with one attached hydrogen (secondary N) is 1. The van der Waals surface area contributed by atoms with E-state index in [-0.39, 0.29) is 0 Å². The Labute approximate surface area is 99.3 Å². The average Bonchev–Trinajstić information content (AvgIpc) is 2.28. The van der Waals surface area contributed by atoms with E-state index >= 15 is 0 Å². The van der Waals surface area contributed by atoms with Gasteiger partial charge in [0.1, 0.15) is 0 Å². The second-order valence-corrected chi connectivity index (χ2v) is 5.33. The summed E-state index contributed by atoms with van der Waals surface area (Å²) in [6.07, 6.45) is 4.09. The molecule has 0 heterocycles. The largest absolute Gasteiger partial charge is 0.382 e. The van der Waals surface area contributed by atoms with E-state index in [1.165, 1.54) is 30.5 Å². The maximum Gasteiger partial charge on any atom is 0.0372 e. The van der Waals surface area contributed by atoms with Crippen LogP contribution in [0.4, 0.5) is 5.69 Å². The molecule has 1 saturated carbocycles. The van der Waals surface area contributed by atoms with Gasteiger partial charge in [0.15, 0.2) is 0 Å². The van der Waals surface area contributed by atoms with E-state index in [9.17, 15) is 0 Å². The van der Waals surface area contributed by atoms with Crippen molar-refractivity contribution < 1.29 is 0 Å². The fourth-order valence-corrected chi connectivity index (χ4v) is 2.72. The lowest BCUT2D eigenvalue weighted by Gasteiger charge is -2.35. The zero-order valence-electron chi connectivity index (χ0n) is 10.7. The maximum atomic E-state index is 3.73. The summed E-state index contributed by atoms with van der Waals surface area (Å²) in [4.78, 5) is 0. The molecule has 0 amide bonds. The van der Waals surface area contributed by atoms with Gasteiger partial charge in [0, 0.05) is 11.7 Å². The molecule has 0 saturated heterocycles. The summed E-state index contributed by atoms with van der Waals surface area (Å²) in [5, 5.41) is 3.73. The van der Waals surface area contributed by atoms with Crippen molar-refractivity contribution in [2.24, 2.45) is 11.8 Å². The Bertz CT molecular complexity index is 345.